The van der Waals surface area contributed by atoms with Crippen molar-refractivity contribution in [3.63, 3.8) is 0 Å². The molecule has 0 aliphatic heterocycles. The van der Waals surface area contributed by atoms with Gasteiger partial charge in [0.15, 0.2) is 0 Å². The maximum absolute atomic E-state index is 5.28. The van der Waals surface area contributed by atoms with Gasteiger partial charge in [-0.2, -0.15) is 0 Å². The summed E-state index contributed by atoms with van der Waals surface area (Å²) in [5.74, 6) is 0. The standard InChI is InChI=1S/2C4H9O.Al.H2O/c2*1-2-3-4-5;;/h2*2-4H2,1H3;;1H2/q2*-1;+2;. The van der Waals surface area contributed by atoms with Crippen molar-refractivity contribution in [3.8, 4) is 0 Å². The van der Waals surface area contributed by atoms with E-state index in [4.69, 9.17) is 7.58 Å². The third kappa shape index (κ3) is 13.0. The average Bonchev–Trinajstić information content (AvgIpc) is 2.03. The van der Waals surface area contributed by atoms with Crippen LogP contribution in [0.15, 0.2) is 0 Å². The molecule has 0 spiro atoms. The molecule has 2 N–H and O–H groups in total. The summed E-state index contributed by atoms with van der Waals surface area (Å²) in [6, 6.07) is 0. The fourth-order valence-corrected chi connectivity index (χ4v) is 1.22. The molecule has 4 heteroatoms. The summed E-state index contributed by atoms with van der Waals surface area (Å²) < 4.78 is 10.6. The van der Waals surface area contributed by atoms with Crippen LogP contribution in [0.1, 0.15) is 39.5 Å². The van der Waals surface area contributed by atoms with Crippen LogP contribution in [-0.2, 0) is 7.58 Å². The lowest BCUT2D eigenvalue weighted by molar-refractivity contribution is 0.216. The molecule has 73 valence electrons. The smallest absolute Gasteiger partial charge is 0.484 e. The Bertz CT molecular complexity index is 63.3. The van der Waals surface area contributed by atoms with Gasteiger partial charge in [0, 0.05) is 13.2 Å². The van der Waals surface area contributed by atoms with Crippen LogP contribution in [0.5, 0.6) is 0 Å². The van der Waals surface area contributed by atoms with E-state index in [0.717, 1.165) is 26.1 Å². The van der Waals surface area contributed by atoms with Crippen LogP contribution in [0.4, 0.5) is 0 Å². The normalized spacial score (nSPS) is 9.17. The number of unbranched alkanes of at least 4 members (excludes halogenated alkanes) is 2. The predicted octanol–water partition coefficient (Wildman–Crippen LogP) is 1.33. The van der Waals surface area contributed by atoms with E-state index >= 15 is 0 Å². The summed E-state index contributed by atoms with van der Waals surface area (Å²) in [5, 5.41) is 0. The molecule has 0 atom stereocenters. The number of hydrogen-bond donors (Lipinski definition) is 0. The van der Waals surface area contributed by atoms with Gasteiger partial charge in [0.25, 0.3) is 0 Å². The molecule has 0 aliphatic rings. The zero-order chi connectivity index (χ0) is 8.36. The van der Waals surface area contributed by atoms with Crippen molar-refractivity contribution in [3.05, 3.63) is 0 Å². The van der Waals surface area contributed by atoms with Gasteiger partial charge in [0.05, 0.1) is 0 Å². The fourth-order valence-electron chi connectivity index (χ4n) is 0.600. The first kappa shape index (κ1) is 14.9. The van der Waals surface area contributed by atoms with Crippen LogP contribution in [0.25, 0.3) is 0 Å². The molecule has 0 aromatic carbocycles. The Morgan fingerprint density at radius 3 is 1.67 bits per heavy atom. The van der Waals surface area contributed by atoms with Gasteiger partial charge in [0.2, 0.25) is 0 Å². The highest BCUT2D eigenvalue weighted by Crippen LogP contribution is 1.89. The van der Waals surface area contributed by atoms with E-state index < -0.39 is 0 Å². The first-order chi connectivity index (χ1) is 5.41. The van der Waals surface area contributed by atoms with E-state index in [1.807, 2.05) is 0 Å². The molecule has 0 unspecified atom stereocenters. The van der Waals surface area contributed by atoms with Crippen LogP contribution in [0, 0.1) is 0 Å². The predicted molar refractivity (Wildman–Crippen MR) is 51.1 cm³/mol. The van der Waals surface area contributed by atoms with Crippen molar-refractivity contribution < 1.29 is 13.1 Å². The zero-order valence-corrected chi connectivity index (χ0v) is 9.29. The van der Waals surface area contributed by atoms with Crippen LogP contribution in [0.3, 0.4) is 0 Å². The van der Waals surface area contributed by atoms with Gasteiger partial charge in [-0.15, -0.1) is 0 Å². The van der Waals surface area contributed by atoms with Crippen molar-refractivity contribution in [2.24, 2.45) is 0 Å². The van der Waals surface area contributed by atoms with Crippen molar-refractivity contribution in [1.29, 1.82) is 0 Å². The minimum Gasteiger partial charge on any atom is -0.484 e. The second-order valence-corrected chi connectivity index (χ2v) is 3.40. The Morgan fingerprint density at radius 1 is 0.917 bits per heavy atom. The summed E-state index contributed by atoms with van der Waals surface area (Å²) in [6.45, 7) is 6.07. The van der Waals surface area contributed by atoms with Crippen LogP contribution < -0.4 is 0 Å². The molecule has 0 rings (SSSR count). The van der Waals surface area contributed by atoms with Gasteiger partial charge in [0.1, 0.15) is 0 Å². The first-order valence-electron chi connectivity index (χ1n) is 4.46. The largest absolute Gasteiger partial charge is 0.668 e. The van der Waals surface area contributed by atoms with Crippen molar-refractivity contribution in [2.45, 2.75) is 39.5 Å². The molecule has 0 heterocycles. The Hall–Kier alpha value is 0.412. The maximum atomic E-state index is 5.28. The SMILES string of the molecule is CCCC[O][Al][O]CCCC.O. The van der Waals surface area contributed by atoms with Crippen molar-refractivity contribution in [1.82, 2.24) is 0 Å². The van der Waals surface area contributed by atoms with E-state index in [-0.39, 0.29) is 21.4 Å². The van der Waals surface area contributed by atoms with Gasteiger partial charge in [-0.1, -0.05) is 26.7 Å². The third-order valence-corrected chi connectivity index (χ3v) is 2.11. The highest BCUT2D eigenvalue weighted by Gasteiger charge is 1.95. The average molecular weight is 191 g/mol. The molecule has 0 aromatic heterocycles. The quantitative estimate of drug-likeness (QED) is 0.429. The lowest BCUT2D eigenvalue weighted by Gasteiger charge is -2.02. The van der Waals surface area contributed by atoms with E-state index in [1.54, 1.807) is 0 Å². The fraction of sp³-hybridized carbons (Fsp3) is 1.00. The minimum absolute atomic E-state index is 0. The Morgan fingerprint density at radius 2 is 1.33 bits per heavy atom. The molecule has 0 amide bonds. The van der Waals surface area contributed by atoms with Gasteiger partial charge >= 0.3 is 15.9 Å². The van der Waals surface area contributed by atoms with Gasteiger partial charge in [-0.3, -0.25) is 0 Å². The summed E-state index contributed by atoms with van der Waals surface area (Å²) in [7, 11) is 0. The molecule has 0 saturated carbocycles. The monoisotopic (exact) mass is 191 g/mol. The van der Waals surface area contributed by atoms with E-state index in [9.17, 15) is 0 Å². The zero-order valence-electron chi connectivity index (χ0n) is 8.14. The molecule has 0 aliphatic carbocycles. The first-order valence-corrected chi connectivity index (χ1v) is 5.41. The summed E-state index contributed by atoms with van der Waals surface area (Å²) in [6.07, 6.45) is 4.72. The second kappa shape index (κ2) is 14.0. The van der Waals surface area contributed by atoms with Gasteiger partial charge in [-0.05, 0) is 12.8 Å². The molecule has 12 heavy (non-hydrogen) atoms. The summed E-state index contributed by atoms with van der Waals surface area (Å²) in [5.41, 5.74) is 0. The Labute approximate surface area is 82.1 Å². The molecule has 0 saturated heterocycles. The van der Waals surface area contributed by atoms with Crippen molar-refractivity contribution >= 4 is 15.9 Å². The number of rotatable bonds is 8. The van der Waals surface area contributed by atoms with Gasteiger partial charge < -0.3 is 13.1 Å². The molecule has 0 bridgehead atoms. The molecule has 0 aromatic rings. The van der Waals surface area contributed by atoms with E-state index in [1.165, 1.54) is 12.8 Å². The lowest BCUT2D eigenvalue weighted by atomic mass is 10.4. The molecule has 3 nitrogen and oxygen atoms in total. The maximum Gasteiger partial charge on any atom is 0.668 e. The van der Waals surface area contributed by atoms with E-state index in [2.05, 4.69) is 13.8 Å². The molecule has 1 radical (unpaired) electrons. The third-order valence-electron chi connectivity index (χ3n) is 1.37. The highest BCUT2D eigenvalue weighted by molar-refractivity contribution is 6.17. The molecule has 0 fully saturated rings. The van der Waals surface area contributed by atoms with Crippen LogP contribution >= 0.6 is 0 Å². The lowest BCUT2D eigenvalue weighted by Crippen LogP contribution is -2.06. The Balaban J connectivity index is 0. The van der Waals surface area contributed by atoms with E-state index in [0.29, 0.717) is 0 Å². The van der Waals surface area contributed by atoms with Crippen LogP contribution in [0.2, 0.25) is 0 Å². The second-order valence-electron chi connectivity index (χ2n) is 2.54. The summed E-state index contributed by atoms with van der Waals surface area (Å²) >= 11 is -0.189. The highest BCUT2D eigenvalue weighted by atomic mass is 27.2. The van der Waals surface area contributed by atoms with Crippen molar-refractivity contribution in [2.75, 3.05) is 13.2 Å². The topological polar surface area (TPSA) is 50.0 Å². The molecular formula is C8H20AlO3. The summed E-state index contributed by atoms with van der Waals surface area (Å²) in [4.78, 5) is 0. The van der Waals surface area contributed by atoms with Crippen LogP contribution in [-0.4, -0.2) is 34.6 Å². The minimum atomic E-state index is -0.189. The molecular weight excluding hydrogens is 171 g/mol. The number of hydrogen-bond acceptors (Lipinski definition) is 2. The van der Waals surface area contributed by atoms with Gasteiger partial charge in [-0.25, -0.2) is 0 Å². The Kier molecular flexibility index (Phi) is 17.4.